The lowest BCUT2D eigenvalue weighted by Gasteiger charge is -2.38. The van der Waals surface area contributed by atoms with E-state index in [1.807, 2.05) is 37.4 Å². The van der Waals surface area contributed by atoms with Crippen LogP contribution in [0.4, 0.5) is 0 Å². The Hall–Kier alpha value is -2.66. The van der Waals surface area contributed by atoms with Gasteiger partial charge in [-0.05, 0) is 37.1 Å². The van der Waals surface area contributed by atoms with Crippen molar-refractivity contribution in [1.82, 2.24) is 10.2 Å². The number of ether oxygens (including phenoxy) is 1. The van der Waals surface area contributed by atoms with Gasteiger partial charge in [0.2, 0.25) is 5.91 Å². The van der Waals surface area contributed by atoms with E-state index in [1.54, 1.807) is 6.92 Å². The third-order valence-electron chi connectivity index (χ3n) is 5.72. The Morgan fingerprint density at radius 3 is 2.21 bits per heavy atom. The van der Waals surface area contributed by atoms with Crippen LogP contribution in [0.2, 0.25) is 0 Å². The molecular weight excluding hydrogens is 352 g/mol. The zero-order valence-corrected chi connectivity index (χ0v) is 16.8. The van der Waals surface area contributed by atoms with Crippen LogP contribution in [-0.2, 0) is 33.6 Å². The molecule has 3 rings (SSSR count). The molecule has 5 heteroatoms. The molecule has 2 aromatic rings. The molecule has 0 radical (unpaired) electrons. The summed E-state index contributed by atoms with van der Waals surface area (Å²) in [7, 11) is 3.33. The smallest absolute Gasteiger partial charge is 0.328 e. The summed E-state index contributed by atoms with van der Waals surface area (Å²) in [6.07, 6.45) is 2.12. The van der Waals surface area contributed by atoms with Crippen LogP contribution in [0.1, 0.15) is 23.6 Å². The van der Waals surface area contributed by atoms with E-state index >= 15 is 0 Å². The second kappa shape index (κ2) is 8.57. The van der Waals surface area contributed by atoms with Gasteiger partial charge in [-0.3, -0.25) is 9.69 Å². The van der Waals surface area contributed by atoms with Gasteiger partial charge in [0.25, 0.3) is 0 Å². The number of benzene rings is 2. The number of rotatable bonds is 7. The minimum Gasteiger partial charge on any atom is -0.467 e. The molecule has 0 saturated heterocycles. The summed E-state index contributed by atoms with van der Waals surface area (Å²) in [5, 5.41) is 2.87. The molecule has 1 N–H and O–H groups in total. The van der Waals surface area contributed by atoms with Crippen LogP contribution in [0.25, 0.3) is 0 Å². The second-order valence-electron chi connectivity index (χ2n) is 7.53. The minimum atomic E-state index is -0.708. The quantitative estimate of drug-likeness (QED) is 0.750. The van der Waals surface area contributed by atoms with Crippen molar-refractivity contribution in [1.29, 1.82) is 0 Å². The molecule has 0 heterocycles. The van der Waals surface area contributed by atoms with E-state index in [4.69, 9.17) is 4.74 Å². The summed E-state index contributed by atoms with van der Waals surface area (Å²) in [5.41, 5.74) is 2.91. The average molecular weight is 380 g/mol. The first-order valence-electron chi connectivity index (χ1n) is 9.67. The van der Waals surface area contributed by atoms with Gasteiger partial charge in [0.05, 0.1) is 7.11 Å². The largest absolute Gasteiger partial charge is 0.467 e. The molecule has 1 aliphatic carbocycles. The maximum atomic E-state index is 13.4. The molecule has 1 amide bonds. The Morgan fingerprint density at radius 1 is 1.07 bits per heavy atom. The topological polar surface area (TPSA) is 58.6 Å². The molecule has 1 atom stereocenters. The number of carbonyl (C=O) groups excluding carboxylic acids is 2. The van der Waals surface area contributed by atoms with Gasteiger partial charge in [0.1, 0.15) is 11.6 Å². The van der Waals surface area contributed by atoms with Crippen LogP contribution in [-0.4, -0.2) is 49.1 Å². The number of nitrogens with one attached hydrogen (secondary N) is 1. The second-order valence-corrected chi connectivity index (χ2v) is 7.53. The summed E-state index contributed by atoms with van der Waals surface area (Å²) in [5.74, 6) is -0.567. The molecule has 0 fully saturated rings. The third kappa shape index (κ3) is 4.09. The molecule has 0 spiro atoms. The fraction of sp³-hybridized carbons (Fsp3) is 0.391. The molecule has 5 nitrogen and oxygen atoms in total. The molecule has 0 unspecified atom stereocenters. The number of hydrogen-bond donors (Lipinski definition) is 1. The van der Waals surface area contributed by atoms with E-state index in [-0.39, 0.29) is 5.91 Å². The maximum absolute atomic E-state index is 13.4. The van der Waals surface area contributed by atoms with Gasteiger partial charge in [-0.1, -0.05) is 54.6 Å². The van der Waals surface area contributed by atoms with Crippen molar-refractivity contribution in [3.05, 3.63) is 71.3 Å². The molecule has 0 saturated carbocycles. The normalized spacial score (nSPS) is 15.7. The van der Waals surface area contributed by atoms with Crippen molar-refractivity contribution in [3.63, 3.8) is 0 Å². The first-order chi connectivity index (χ1) is 13.5. The molecule has 28 heavy (non-hydrogen) atoms. The highest BCUT2D eigenvalue weighted by atomic mass is 16.5. The van der Waals surface area contributed by atoms with Crippen LogP contribution in [0.15, 0.2) is 54.6 Å². The molecule has 148 valence electrons. The predicted molar refractivity (Wildman–Crippen MR) is 109 cm³/mol. The van der Waals surface area contributed by atoms with E-state index < -0.39 is 17.6 Å². The number of methoxy groups -OCH3 is 1. The van der Waals surface area contributed by atoms with Gasteiger partial charge in [-0.15, -0.1) is 0 Å². The van der Waals surface area contributed by atoms with E-state index in [9.17, 15) is 9.59 Å². The van der Waals surface area contributed by atoms with E-state index in [2.05, 4.69) is 34.5 Å². The van der Waals surface area contributed by atoms with Crippen molar-refractivity contribution in [3.8, 4) is 0 Å². The van der Waals surface area contributed by atoms with Gasteiger partial charge in [0, 0.05) is 19.4 Å². The highest BCUT2D eigenvalue weighted by molar-refractivity contribution is 5.91. The number of esters is 1. The van der Waals surface area contributed by atoms with Crippen molar-refractivity contribution in [2.75, 3.05) is 20.7 Å². The number of hydrogen-bond acceptors (Lipinski definition) is 4. The van der Waals surface area contributed by atoms with Crippen molar-refractivity contribution in [2.45, 2.75) is 37.8 Å². The molecule has 0 aromatic heterocycles. The molecule has 1 aliphatic rings. The molecular formula is C23H28N2O3. The standard InChI is InChI=1S/C23H28N2O3/c1-17(21(26)28-3)24-22(27)23(15-19-11-7-8-12-20(19)16-23)25(2)14-13-18-9-5-4-6-10-18/h4-12,17H,13-16H2,1-3H3,(H,24,27)/t17-/m1/s1. The summed E-state index contributed by atoms with van der Waals surface area (Å²) >= 11 is 0. The SMILES string of the molecule is COC(=O)[C@@H](C)NC(=O)C1(N(C)CCc2ccccc2)Cc2ccccc2C1. The lowest BCUT2D eigenvalue weighted by Crippen LogP contribution is -2.61. The Morgan fingerprint density at radius 2 is 1.64 bits per heavy atom. The van der Waals surface area contributed by atoms with Gasteiger partial charge in [0.15, 0.2) is 0 Å². The van der Waals surface area contributed by atoms with E-state index in [1.165, 1.54) is 23.8 Å². The summed E-state index contributed by atoms with van der Waals surface area (Å²) in [6, 6.07) is 17.8. The lowest BCUT2D eigenvalue weighted by molar-refractivity contribution is -0.146. The zero-order chi connectivity index (χ0) is 20.1. The fourth-order valence-electron chi connectivity index (χ4n) is 3.92. The van der Waals surface area contributed by atoms with Crippen molar-refractivity contribution in [2.24, 2.45) is 0 Å². The maximum Gasteiger partial charge on any atom is 0.328 e. The van der Waals surface area contributed by atoms with Crippen LogP contribution < -0.4 is 5.32 Å². The summed E-state index contributed by atoms with van der Waals surface area (Å²) < 4.78 is 4.77. The molecule has 0 aliphatic heterocycles. The van der Waals surface area contributed by atoms with Crippen molar-refractivity contribution < 1.29 is 14.3 Å². The number of amides is 1. The molecule has 0 bridgehead atoms. The number of fused-ring (bicyclic) bond motifs is 1. The third-order valence-corrected chi connectivity index (χ3v) is 5.72. The Kier molecular flexibility index (Phi) is 6.15. The number of nitrogens with zero attached hydrogens (tertiary/aromatic N) is 1. The Balaban J connectivity index is 1.81. The van der Waals surface area contributed by atoms with Gasteiger partial charge >= 0.3 is 5.97 Å². The number of likely N-dealkylation sites (N-methyl/N-ethyl adjacent to an activating group) is 1. The van der Waals surface area contributed by atoms with Gasteiger partial charge in [-0.25, -0.2) is 4.79 Å². The number of carbonyl (C=O) groups is 2. The average Bonchev–Trinajstić information content (AvgIpc) is 3.13. The van der Waals surface area contributed by atoms with Crippen LogP contribution in [0.3, 0.4) is 0 Å². The van der Waals surface area contributed by atoms with Gasteiger partial charge in [-0.2, -0.15) is 0 Å². The van der Waals surface area contributed by atoms with Crippen LogP contribution in [0.5, 0.6) is 0 Å². The van der Waals surface area contributed by atoms with Crippen LogP contribution >= 0.6 is 0 Å². The van der Waals surface area contributed by atoms with E-state index in [0.717, 1.165) is 13.0 Å². The monoisotopic (exact) mass is 380 g/mol. The van der Waals surface area contributed by atoms with Crippen LogP contribution in [0, 0.1) is 0 Å². The zero-order valence-electron chi connectivity index (χ0n) is 16.8. The summed E-state index contributed by atoms with van der Waals surface area (Å²) in [6.45, 7) is 2.40. The first kappa shape index (κ1) is 20.1. The highest BCUT2D eigenvalue weighted by Crippen LogP contribution is 2.34. The highest BCUT2D eigenvalue weighted by Gasteiger charge is 2.47. The fourth-order valence-corrected chi connectivity index (χ4v) is 3.92. The lowest BCUT2D eigenvalue weighted by atomic mass is 9.91. The van der Waals surface area contributed by atoms with E-state index in [0.29, 0.717) is 12.8 Å². The van der Waals surface area contributed by atoms with Gasteiger partial charge < -0.3 is 10.1 Å². The molecule has 2 aromatic carbocycles. The van der Waals surface area contributed by atoms with Crippen molar-refractivity contribution >= 4 is 11.9 Å². The first-order valence-corrected chi connectivity index (χ1v) is 9.67. The minimum absolute atomic E-state index is 0.128. The Labute approximate surface area is 166 Å². The summed E-state index contributed by atoms with van der Waals surface area (Å²) in [4.78, 5) is 27.3. The predicted octanol–water partition coefficient (Wildman–Crippen LogP) is 2.38. The Bertz CT molecular complexity index is 810.